The van der Waals surface area contributed by atoms with Gasteiger partial charge in [-0.1, -0.05) is 37.3 Å². The molecule has 2 N–H and O–H groups in total. The van der Waals surface area contributed by atoms with E-state index in [0.717, 1.165) is 29.5 Å². The molecule has 0 spiro atoms. The van der Waals surface area contributed by atoms with E-state index in [1.165, 1.54) is 6.39 Å². The summed E-state index contributed by atoms with van der Waals surface area (Å²) >= 11 is 0. The molecule has 0 bridgehead atoms. The van der Waals surface area contributed by atoms with Crippen molar-refractivity contribution in [1.82, 2.24) is 19.9 Å². The van der Waals surface area contributed by atoms with Gasteiger partial charge < -0.3 is 29.2 Å². The second kappa shape index (κ2) is 13.0. The van der Waals surface area contributed by atoms with Crippen molar-refractivity contribution in [2.45, 2.75) is 38.7 Å². The largest absolute Gasteiger partial charge is 0.489 e. The number of oxazole rings is 1. The van der Waals surface area contributed by atoms with Crippen LogP contribution in [-0.4, -0.2) is 63.5 Å². The number of nitrogens with one attached hydrogen (secondary N) is 1. The van der Waals surface area contributed by atoms with Gasteiger partial charge in [-0.15, -0.1) is 0 Å². The predicted molar refractivity (Wildman–Crippen MR) is 150 cm³/mol. The number of aliphatic hydroxyl groups is 1. The zero-order valence-corrected chi connectivity index (χ0v) is 22.3. The molecule has 3 heterocycles. The number of nitrogens with zero attached hydrogens (tertiary/aromatic N) is 4. The quantitative estimate of drug-likeness (QED) is 0.230. The number of hydrogen-bond donors (Lipinski definition) is 2. The molecule has 4 aromatic rings. The lowest BCUT2D eigenvalue weighted by Crippen LogP contribution is -2.42. The van der Waals surface area contributed by atoms with Crippen molar-refractivity contribution in [3.63, 3.8) is 0 Å². The molecule has 206 valence electrons. The molecule has 0 atom stereocenters. The SMILES string of the molecule is CCCCOC(=O)N1CCC(Oc2cc3nc(Nc4cccc(-c5cnco5)c4)ncc3cc2C#CCO)CC1. The monoisotopic (exact) mass is 541 g/mol. The Hall–Kier alpha value is -4.62. The number of amides is 1. The number of carbonyl (C=O) groups is 1. The van der Waals surface area contributed by atoms with Gasteiger partial charge in [-0.3, -0.25) is 0 Å². The van der Waals surface area contributed by atoms with Gasteiger partial charge in [0.25, 0.3) is 0 Å². The van der Waals surface area contributed by atoms with Crippen molar-refractivity contribution in [1.29, 1.82) is 0 Å². The predicted octanol–water partition coefficient (Wildman–Crippen LogP) is 5.15. The average molecular weight is 542 g/mol. The lowest BCUT2D eigenvalue weighted by molar-refractivity contribution is 0.0670. The molecule has 2 aromatic carbocycles. The first kappa shape index (κ1) is 27.0. The topological polar surface area (TPSA) is 123 Å². The lowest BCUT2D eigenvalue weighted by atomic mass is 10.1. The Morgan fingerprint density at radius 1 is 1.23 bits per heavy atom. The highest BCUT2D eigenvalue weighted by molar-refractivity contribution is 5.83. The van der Waals surface area contributed by atoms with Crippen LogP contribution >= 0.6 is 0 Å². The number of piperidine rings is 1. The van der Waals surface area contributed by atoms with Crippen LogP contribution in [0.3, 0.4) is 0 Å². The summed E-state index contributed by atoms with van der Waals surface area (Å²) in [5.74, 6) is 7.36. The lowest BCUT2D eigenvalue weighted by Gasteiger charge is -2.31. The Kier molecular flexibility index (Phi) is 8.73. The van der Waals surface area contributed by atoms with Crippen LogP contribution in [0.4, 0.5) is 16.4 Å². The molecule has 0 radical (unpaired) electrons. The fourth-order valence-corrected chi connectivity index (χ4v) is 4.42. The first-order valence-corrected chi connectivity index (χ1v) is 13.4. The molecule has 1 amide bonds. The van der Waals surface area contributed by atoms with Gasteiger partial charge >= 0.3 is 6.09 Å². The Balaban J connectivity index is 1.32. The third-order valence-electron chi connectivity index (χ3n) is 6.54. The molecule has 0 unspecified atom stereocenters. The van der Waals surface area contributed by atoms with Crippen LogP contribution in [0.15, 0.2) is 59.6 Å². The summed E-state index contributed by atoms with van der Waals surface area (Å²) in [6.07, 6.45) is 7.61. The van der Waals surface area contributed by atoms with Crippen molar-refractivity contribution in [2.24, 2.45) is 0 Å². The van der Waals surface area contributed by atoms with Crippen molar-refractivity contribution in [3.05, 3.63) is 60.7 Å². The first-order chi connectivity index (χ1) is 19.6. The van der Waals surface area contributed by atoms with Crippen LogP contribution in [0, 0.1) is 11.8 Å². The minimum absolute atomic E-state index is 0.0925. The maximum absolute atomic E-state index is 12.3. The summed E-state index contributed by atoms with van der Waals surface area (Å²) in [4.78, 5) is 27.2. The van der Waals surface area contributed by atoms with E-state index >= 15 is 0 Å². The molecule has 10 heteroatoms. The number of ether oxygens (including phenoxy) is 2. The van der Waals surface area contributed by atoms with Gasteiger partial charge in [0, 0.05) is 54.8 Å². The standard InChI is InChI=1S/C30H31N5O5/c1-2-3-14-38-30(37)35-11-9-25(10-12-35)40-27-17-26-23(15-21(27)7-5-13-36)18-32-29(34-26)33-24-8-4-6-22(16-24)28-19-31-20-39-28/h4,6,8,15-20,25,36H,2-3,9-14H2,1H3,(H,32,33,34). The zero-order chi connectivity index (χ0) is 27.7. The molecular formula is C30H31N5O5. The van der Waals surface area contributed by atoms with E-state index in [4.69, 9.17) is 18.9 Å². The number of aromatic nitrogens is 3. The minimum atomic E-state index is -0.268. The van der Waals surface area contributed by atoms with E-state index in [-0.39, 0.29) is 18.8 Å². The number of unbranched alkanes of at least 4 members (excludes halogenated alkanes) is 1. The Morgan fingerprint density at radius 3 is 2.88 bits per heavy atom. The maximum atomic E-state index is 12.3. The van der Waals surface area contributed by atoms with E-state index in [9.17, 15) is 9.90 Å². The summed E-state index contributed by atoms with van der Waals surface area (Å²) in [7, 11) is 0. The molecule has 5 rings (SSSR count). The van der Waals surface area contributed by atoms with Crippen LogP contribution in [0.2, 0.25) is 0 Å². The van der Waals surface area contributed by atoms with Gasteiger partial charge in [-0.05, 0) is 24.6 Å². The normalized spacial score (nSPS) is 13.5. The Morgan fingerprint density at radius 2 is 2.10 bits per heavy atom. The third kappa shape index (κ3) is 6.68. The van der Waals surface area contributed by atoms with Gasteiger partial charge in [0.2, 0.25) is 5.95 Å². The summed E-state index contributed by atoms with van der Waals surface area (Å²) in [6.45, 7) is 3.37. The molecular weight excluding hydrogens is 510 g/mol. The molecule has 0 aliphatic carbocycles. The first-order valence-electron chi connectivity index (χ1n) is 13.4. The zero-order valence-electron chi connectivity index (χ0n) is 22.3. The second-order valence-electron chi connectivity index (χ2n) is 9.40. The smallest absolute Gasteiger partial charge is 0.409 e. The number of anilines is 2. The molecule has 40 heavy (non-hydrogen) atoms. The van der Waals surface area contributed by atoms with Crippen LogP contribution in [0.25, 0.3) is 22.2 Å². The summed E-state index contributed by atoms with van der Waals surface area (Å²) in [5, 5.41) is 13.3. The number of carbonyl (C=O) groups excluding carboxylic acids is 1. The summed E-state index contributed by atoms with van der Waals surface area (Å²) < 4.78 is 17.1. The van der Waals surface area contributed by atoms with Gasteiger partial charge in [-0.25, -0.2) is 19.7 Å². The van der Waals surface area contributed by atoms with E-state index in [1.54, 1.807) is 17.3 Å². The number of hydrogen-bond acceptors (Lipinski definition) is 9. The Labute approximate surface area is 232 Å². The highest BCUT2D eigenvalue weighted by atomic mass is 16.6. The average Bonchev–Trinajstić information content (AvgIpc) is 3.52. The number of likely N-dealkylation sites (tertiary alicyclic amines) is 1. The molecule has 10 nitrogen and oxygen atoms in total. The highest BCUT2D eigenvalue weighted by Crippen LogP contribution is 2.29. The van der Waals surface area contributed by atoms with Gasteiger partial charge in [-0.2, -0.15) is 0 Å². The fourth-order valence-electron chi connectivity index (χ4n) is 4.42. The third-order valence-corrected chi connectivity index (χ3v) is 6.54. The summed E-state index contributed by atoms with van der Waals surface area (Å²) in [6, 6.07) is 11.4. The van der Waals surface area contributed by atoms with Gasteiger partial charge in [0.05, 0.1) is 23.9 Å². The van der Waals surface area contributed by atoms with Crippen LogP contribution in [-0.2, 0) is 4.74 Å². The number of fused-ring (bicyclic) bond motifs is 1. The van der Waals surface area contributed by atoms with Gasteiger partial charge in [0.1, 0.15) is 18.5 Å². The fraction of sp³-hybridized carbons (Fsp3) is 0.333. The van der Waals surface area contributed by atoms with Crippen molar-refractivity contribution in [3.8, 4) is 28.9 Å². The van der Waals surface area contributed by atoms with Crippen molar-refractivity contribution in [2.75, 3.05) is 31.6 Å². The van der Waals surface area contributed by atoms with E-state index < -0.39 is 0 Å². The molecule has 2 aromatic heterocycles. The molecule has 1 aliphatic rings. The minimum Gasteiger partial charge on any atom is -0.489 e. The molecule has 1 aliphatic heterocycles. The molecule has 0 saturated carbocycles. The summed E-state index contributed by atoms with van der Waals surface area (Å²) in [5.41, 5.74) is 3.01. The van der Waals surface area contributed by atoms with Crippen LogP contribution < -0.4 is 10.1 Å². The van der Waals surface area contributed by atoms with Crippen molar-refractivity contribution >= 4 is 28.6 Å². The van der Waals surface area contributed by atoms with Gasteiger partial charge in [0.15, 0.2) is 12.2 Å². The second-order valence-corrected chi connectivity index (χ2v) is 9.40. The highest BCUT2D eigenvalue weighted by Gasteiger charge is 2.25. The van der Waals surface area contributed by atoms with Crippen LogP contribution in [0.1, 0.15) is 38.2 Å². The van der Waals surface area contributed by atoms with Crippen molar-refractivity contribution < 1.29 is 23.8 Å². The Bertz CT molecular complexity index is 1500. The van der Waals surface area contributed by atoms with E-state index in [0.29, 0.717) is 61.1 Å². The molecule has 1 fully saturated rings. The molecule has 1 saturated heterocycles. The maximum Gasteiger partial charge on any atom is 0.409 e. The van der Waals surface area contributed by atoms with Crippen LogP contribution in [0.5, 0.6) is 5.75 Å². The number of aliphatic hydroxyl groups excluding tert-OH is 1. The number of benzene rings is 2. The number of rotatable bonds is 8. The van der Waals surface area contributed by atoms with E-state index in [1.807, 2.05) is 36.4 Å². The van der Waals surface area contributed by atoms with E-state index in [2.05, 4.69) is 34.0 Å².